The lowest BCUT2D eigenvalue weighted by Crippen LogP contribution is -2.17. The molecule has 0 aliphatic carbocycles. The van der Waals surface area contributed by atoms with E-state index in [4.69, 9.17) is 0 Å². The highest BCUT2D eigenvalue weighted by atomic mass is 19.1. The summed E-state index contributed by atoms with van der Waals surface area (Å²) in [7, 11) is 2.08. The topological polar surface area (TPSA) is 3.24 Å². The smallest absolute Gasteiger partial charge is 0.123 e. The summed E-state index contributed by atoms with van der Waals surface area (Å²) in [6, 6.07) is 5.13. The van der Waals surface area contributed by atoms with E-state index in [9.17, 15) is 4.39 Å². The lowest BCUT2D eigenvalue weighted by atomic mass is 9.96. The Morgan fingerprint density at radius 1 is 1.43 bits per heavy atom. The van der Waals surface area contributed by atoms with Crippen molar-refractivity contribution in [3.8, 4) is 0 Å². The summed E-state index contributed by atoms with van der Waals surface area (Å²) < 4.78 is 13.1. The van der Waals surface area contributed by atoms with E-state index in [0.717, 1.165) is 18.5 Å². The zero-order valence-corrected chi connectivity index (χ0v) is 8.76. The van der Waals surface area contributed by atoms with Gasteiger partial charge in [-0.1, -0.05) is 6.92 Å². The molecule has 2 heteroatoms. The van der Waals surface area contributed by atoms with Crippen molar-refractivity contribution in [1.82, 2.24) is 0 Å². The van der Waals surface area contributed by atoms with E-state index in [-0.39, 0.29) is 5.82 Å². The molecule has 0 saturated heterocycles. The summed E-state index contributed by atoms with van der Waals surface area (Å²) in [5, 5.41) is 0. The van der Waals surface area contributed by atoms with E-state index >= 15 is 0 Å². The number of hydrogen-bond donors (Lipinski definition) is 0. The minimum atomic E-state index is -0.120. The summed E-state index contributed by atoms with van der Waals surface area (Å²) in [6.45, 7) is 3.25. The van der Waals surface area contributed by atoms with Crippen LogP contribution in [-0.4, -0.2) is 13.6 Å². The third-order valence-corrected chi connectivity index (χ3v) is 3.06. The molecule has 2 rings (SSSR count). The van der Waals surface area contributed by atoms with Crippen LogP contribution in [0.4, 0.5) is 10.1 Å². The Balaban J connectivity index is 2.48. The van der Waals surface area contributed by atoms with Crippen LogP contribution >= 0.6 is 0 Å². The highest BCUT2D eigenvalue weighted by molar-refractivity contribution is 5.55. The van der Waals surface area contributed by atoms with Gasteiger partial charge in [0.05, 0.1) is 0 Å². The average molecular weight is 193 g/mol. The molecule has 1 aromatic carbocycles. The van der Waals surface area contributed by atoms with E-state index < -0.39 is 0 Å². The molecule has 0 fully saturated rings. The maximum atomic E-state index is 13.1. The number of benzene rings is 1. The Morgan fingerprint density at radius 3 is 3.00 bits per heavy atom. The number of hydrogen-bond acceptors (Lipinski definition) is 1. The quantitative estimate of drug-likeness (QED) is 0.611. The van der Waals surface area contributed by atoms with Gasteiger partial charge in [0.15, 0.2) is 0 Å². The van der Waals surface area contributed by atoms with E-state index in [2.05, 4.69) is 18.9 Å². The fourth-order valence-corrected chi connectivity index (χ4v) is 2.18. The number of fused-ring (bicyclic) bond motifs is 1. The van der Waals surface area contributed by atoms with Gasteiger partial charge < -0.3 is 4.90 Å². The molecule has 0 aromatic heterocycles. The lowest BCUT2D eigenvalue weighted by Gasteiger charge is -2.20. The zero-order chi connectivity index (χ0) is 10.1. The van der Waals surface area contributed by atoms with E-state index in [1.54, 1.807) is 12.1 Å². The van der Waals surface area contributed by atoms with Crippen LogP contribution in [0.15, 0.2) is 18.2 Å². The number of halogens is 1. The van der Waals surface area contributed by atoms with Crippen LogP contribution in [0.3, 0.4) is 0 Å². The molecule has 0 bridgehead atoms. The van der Waals surface area contributed by atoms with Crippen LogP contribution in [0.1, 0.15) is 31.2 Å². The van der Waals surface area contributed by atoms with Crippen LogP contribution in [0.5, 0.6) is 0 Å². The third-order valence-electron chi connectivity index (χ3n) is 3.06. The predicted molar refractivity (Wildman–Crippen MR) is 57.3 cm³/mol. The first-order valence-corrected chi connectivity index (χ1v) is 5.19. The Hall–Kier alpha value is -1.05. The molecule has 0 spiro atoms. The van der Waals surface area contributed by atoms with E-state index in [0.29, 0.717) is 5.92 Å². The summed E-state index contributed by atoms with van der Waals surface area (Å²) in [4.78, 5) is 2.22. The average Bonchev–Trinajstić information content (AvgIpc) is 2.28. The maximum Gasteiger partial charge on any atom is 0.123 e. The molecule has 14 heavy (non-hydrogen) atoms. The molecule has 1 heterocycles. The molecule has 1 unspecified atom stereocenters. The van der Waals surface area contributed by atoms with Crippen molar-refractivity contribution in [3.63, 3.8) is 0 Å². The highest BCUT2D eigenvalue weighted by Gasteiger charge is 2.17. The predicted octanol–water partition coefficient (Wildman–Crippen LogP) is 3.16. The van der Waals surface area contributed by atoms with Crippen molar-refractivity contribution >= 4 is 5.69 Å². The minimum Gasteiger partial charge on any atom is -0.374 e. The Bertz CT molecular complexity index is 335. The number of rotatable bonds is 0. The van der Waals surface area contributed by atoms with Crippen LogP contribution in [0.2, 0.25) is 0 Å². The molecule has 1 atom stereocenters. The molecule has 1 nitrogen and oxygen atoms in total. The van der Waals surface area contributed by atoms with Gasteiger partial charge in [0.2, 0.25) is 0 Å². The van der Waals surface area contributed by atoms with Gasteiger partial charge in [-0.25, -0.2) is 4.39 Å². The first-order valence-electron chi connectivity index (χ1n) is 5.19. The maximum absolute atomic E-state index is 13.1. The number of anilines is 1. The molecule has 0 N–H and O–H groups in total. The van der Waals surface area contributed by atoms with Crippen molar-refractivity contribution in [3.05, 3.63) is 29.6 Å². The largest absolute Gasteiger partial charge is 0.374 e. The van der Waals surface area contributed by atoms with Gasteiger partial charge in [-0.05, 0) is 42.5 Å². The summed E-state index contributed by atoms with van der Waals surface area (Å²) >= 11 is 0. The molecule has 0 amide bonds. The monoisotopic (exact) mass is 193 g/mol. The van der Waals surface area contributed by atoms with Gasteiger partial charge in [0.1, 0.15) is 5.82 Å². The highest BCUT2D eigenvalue weighted by Crippen LogP contribution is 2.33. The Morgan fingerprint density at radius 2 is 2.21 bits per heavy atom. The van der Waals surface area contributed by atoms with Crippen molar-refractivity contribution in [2.75, 3.05) is 18.5 Å². The van der Waals surface area contributed by atoms with Gasteiger partial charge in [-0.15, -0.1) is 0 Å². The van der Waals surface area contributed by atoms with Crippen molar-refractivity contribution < 1.29 is 4.39 Å². The van der Waals surface area contributed by atoms with Crippen LogP contribution < -0.4 is 4.90 Å². The zero-order valence-electron chi connectivity index (χ0n) is 8.76. The van der Waals surface area contributed by atoms with Gasteiger partial charge >= 0.3 is 0 Å². The van der Waals surface area contributed by atoms with Crippen LogP contribution in [0.25, 0.3) is 0 Å². The molecule has 1 aromatic rings. The summed E-state index contributed by atoms with van der Waals surface area (Å²) in [5.41, 5.74) is 2.35. The molecule has 0 saturated carbocycles. The molecule has 76 valence electrons. The van der Waals surface area contributed by atoms with Gasteiger partial charge in [-0.2, -0.15) is 0 Å². The Labute approximate surface area is 84.5 Å². The molecule has 1 aliphatic rings. The first kappa shape index (κ1) is 9.50. The minimum absolute atomic E-state index is 0.120. The van der Waals surface area contributed by atoms with Gasteiger partial charge in [-0.3, -0.25) is 0 Å². The van der Waals surface area contributed by atoms with Crippen molar-refractivity contribution in [1.29, 1.82) is 0 Å². The first-order chi connectivity index (χ1) is 6.68. The van der Waals surface area contributed by atoms with Crippen molar-refractivity contribution in [2.24, 2.45) is 0 Å². The van der Waals surface area contributed by atoms with Crippen molar-refractivity contribution in [2.45, 2.75) is 25.7 Å². The molecular weight excluding hydrogens is 177 g/mol. The fraction of sp³-hybridized carbons (Fsp3) is 0.500. The molecule has 1 aliphatic heterocycles. The lowest BCUT2D eigenvalue weighted by molar-refractivity contribution is 0.616. The Kier molecular flexibility index (Phi) is 2.44. The van der Waals surface area contributed by atoms with E-state index in [1.807, 2.05) is 6.07 Å². The summed E-state index contributed by atoms with van der Waals surface area (Å²) in [5.74, 6) is 0.358. The SMILES string of the molecule is CC1CCCN(C)c2ccc(F)cc21. The second-order valence-electron chi connectivity index (χ2n) is 4.17. The standard InChI is InChI=1S/C12H16FN/c1-9-4-3-7-14(2)12-6-5-10(13)8-11(9)12/h5-6,8-9H,3-4,7H2,1-2H3. The second kappa shape index (κ2) is 3.60. The molecule has 0 radical (unpaired) electrons. The van der Waals surface area contributed by atoms with Crippen LogP contribution in [0, 0.1) is 5.82 Å². The summed E-state index contributed by atoms with van der Waals surface area (Å²) in [6.07, 6.45) is 2.34. The third kappa shape index (κ3) is 1.61. The number of nitrogens with zero attached hydrogens (tertiary/aromatic N) is 1. The van der Waals surface area contributed by atoms with Gasteiger partial charge in [0, 0.05) is 19.3 Å². The van der Waals surface area contributed by atoms with E-state index in [1.165, 1.54) is 12.1 Å². The fourth-order valence-electron chi connectivity index (χ4n) is 2.18. The van der Waals surface area contributed by atoms with Crippen LogP contribution in [-0.2, 0) is 0 Å². The molecular formula is C12H16FN. The van der Waals surface area contributed by atoms with Gasteiger partial charge in [0.25, 0.3) is 0 Å². The normalized spacial score (nSPS) is 21.6. The second-order valence-corrected chi connectivity index (χ2v) is 4.17.